The lowest BCUT2D eigenvalue weighted by atomic mass is 9.91. The number of aliphatic hydroxyl groups is 1. The molecule has 1 atom stereocenters. The number of hydrogen-bond acceptors (Lipinski definition) is 11. The van der Waals surface area contributed by atoms with Crippen LogP contribution in [-0.2, 0) is 24.4 Å². The number of carboxylic acids is 1. The Morgan fingerprint density at radius 3 is 2.12 bits per heavy atom. The summed E-state index contributed by atoms with van der Waals surface area (Å²) < 4.78 is 50.8. The summed E-state index contributed by atoms with van der Waals surface area (Å²) in [4.78, 5) is 27.4. The van der Waals surface area contributed by atoms with Crippen molar-refractivity contribution in [1.82, 2.24) is 19.9 Å². The summed E-state index contributed by atoms with van der Waals surface area (Å²) in [5.41, 5.74) is 9.53. The molecule has 1 aliphatic rings. The summed E-state index contributed by atoms with van der Waals surface area (Å²) >= 11 is 0. The van der Waals surface area contributed by atoms with Gasteiger partial charge in [0.25, 0.3) is 0 Å². The van der Waals surface area contributed by atoms with E-state index >= 15 is 0 Å². The minimum Gasteiger partial charge on any atom is -0.488 e. The first-order valence-electron chi connectivity index (χ1n) is 19.7. The van der Waals surface area contributed by atoms with Crippen molar-refractivity contribution < 1.29 is 42.1 Å². The predicted molar refractivity (Wildman–Crippen MR) is 218 cm³/mol. The number of aliphatic hydroxyl groups excluding tert-OH is 1. The molecule has 4 aromatic carbocycles. The Hall–Kier alpha value is -6.69. The van der Waals surface area contributed by atoms with Crippen LogP contribution < -0.4 is 9.47 Å². The molecule has 2 N–H and O–H groups in total. The van der Waals surface area contributed by atoms with Crippen LogP contribution in [-0.4, -0.2) is 61.8 Å². The van der Waals surface area contributed by atoms with Gasteiger partial charge in [-0.2, -0.15) is 14.0 Å². The number of hydrogen-bond donors (Lipinski definition) is 2. The number of carboxylic acid groups (broad SMARTS) is 1. The van der Waals surface area contributed by atoms with Crippen molar-refractivity contribution in [2.45, 2.75) is 71.8 Å². The fourth-order valence-corrected chi connectivity index (χ4v) is 7.88. The lowest BCUT2D eigenvalue weighted by Crippen LogP contribution is -2.35. The number of aromatic nitrogens is 3. The molecule has 1 saturated heterocycles. The molecule has 1 aliphatic heterocycles. The van der Waals surface area contributed by atoms with Crippen LogP contribution in [0.5, 0.6) is 11.5 Å². The van der Waals surface area contributed by atoms with Crippen molar-refractivity contribution >= 4 is 28.2 Å². The summed E-state index contributed by atoms with van der Waals surface area (Å²) in [7, 11) is 0. The van der Waals surface area contributed by atoms with Crippen molar-refractivity contribution in [3.63, 3.8) is 0 Å². The lowest BCUT2D eigenvalue weighted by Gasteiger charge is -2.22. The summed E-state index contributed by atoms with van der Waals surface area (Å²) in [6.07, 6.45) is 4.86. The van der Waals surface area contributed by atoms with Gasteiger partial charge in [-0.05, 0) is 111 Å². The second-order valence-electron chi connectivity index (χ2n) is 14.8. The van der Waals surface area contributed by atoms with Crippen LogP contribution >= 0.6 is 0 Å². The van der Waals surface area contributed by atoms with E-state index in [-0.39, 0.29) is 31.1 Å². The van der Waals surface area contributed by atoms with Gasteiger partial charge < -0.3 is 28.5 Å². The van der Waals surface area contributed by atoms with Crippen LogP contribution in [0.15, 0.2) is 87.8 Å². The first-order chi connectivity index (χ1) is 29.1. The summed E-state index contributed by atoms with van der Waals surface area (Å²) in [6, 6.07) is 23.3. The van der Waals surface area contributed by atoms with E-state index in [0.717, 1.165) is 45.4 Å². The Labute approximate surface area is 343 Å². The number of aliphatic carboxylic acids is 1. The molecule has 0 bridgehead atoms. The quantitative estimate of drug-likeness (QED) is 0.0943. The number of alkyl halides is 2. The minimum atomic E-state index is -3.08. The Morgan fingerprint density at radius 2 is 1.53 bits per heavy atom. The summed E-state index contributed by atoms with van der Waals surface area (Å²) in [5, 5.41) is 28.2. The maximum atomic E-state index is 13.5. The molecule has 0 amide bonds. The highest BCUT2D eigenvalue weighted by Crippen LogP contribution is 2.40. The smallest absolute Gasteiger partial charge is 0.387 e. The largest absolute Gasteiger partial charge is 0.488 e. The zero-order valence-corrected chi connectivity index (χ0v) is 33.0. The van der Waals surface area contributed by atoms with Crippen LogP contribution in [0.4, 0.5) is 8.78 Å². The van der Waals surface area contributed by atoms with Crippen molar-refractivity contribution in [1.29, 1.82) is 5.26 Å². The molecule has 0 aliphatic carbocycles. The number of likely N-dealkylation sites (tertiary alicyclic amines) is 1. The van der Waals surface area contributed by atoms with Gasteiger partial charge in [0.1, 0.15) is 46.9 Å². The maximum absolute atomic E-state index is 13.5. The van der Waals surface area contributed by atoms with Crippen LogP contribution in [0.25, 0.3) is 56.2 Å². The number of ether oxygens (including phenoxy) is 2. The highest BCUT2D eigenvalue weighted by atomic mass is 19.3. The zero-order chi connectivity index (χ0) is 41.9. The molecule has 14 heteroatoms. The molecule has 7 aromatic rings. The Morgan fingerprint density at radius 1 is 0.900 bits per heavy atom. The van der Waals surface area contributed by atoms with E-state index in [9.17, 15) is 23.8 Å². The minimum absolute atomic E-state index is 0.0873. The van der Waals surface area contributed by atoms with E-state index in [1.54, 1.807) is 29.3 Å². The van der Waals surface area contributed by atoms with Gasteiger partial charge in [-0.25, -0.2) is 15.0 Å². The number of aryl methyl sites for hydroxylation is 1. The fourth-order valence-electron chi connectivity index (χ4n) is 7.88. The molecular weight excluding hydrogens is 773 g/mol. The third-order valence-corrected chi connectivity index (χ3v) is 11.0. The second kappa shape index (κ2) is 17.3. The predicted octanol–water partition coefficient (Wildman–Crippen LogP) is 9.40. The van der Waals surface area contributed by atoms with Crippen LogP contribution in [0.2, 0.25) is 0 Å². The van der Waals surface area contributed by atoms with Gasteiger partial charge in [0.15, 0.2) is 11.2 Å². The molecule has 4 heterocycles. The molecule has 12 nitrogen and oxygen atoms in total. The SMILES string of the molecule is Cc1c(-c2nc3cc(CCCCO)c(OCc4ccc(C#N)nc4)cc3o2)cccc1-c1cccc(-c2nc3cc(CN4CCC[C@H]4C(=O)O)c(OC(F)F)cc3o2)c1C. The molecule has 0 saturated carbocycles. The standard InChI is InChI=1S/C46H41F2N5O7/c1-26-32(9-5-11-34(26)43-51-36-18-29(8-3-4-17-54)39(20-41(36)58-43)57-25-28-14-15-31(22-49)50-23-28)33-10-6-12-35(27(33)2)44-52-37-19-30(24-53-16-7-13-38(53)45(55)56)40(60-46(47)48)21-42(37)59-44/h5-6,9-12,14-15,18-21,23,38,46,54H,3-4,7-8,13,16-17,24-25H2,1-2H3,(H,55,56)/t38-/m0/s1. The third-order valence-electron chi connectivity index (χ3n) is 11.0. The van der Waals surface area contributed by atoms with E-state index in [2.05, 4.69) is 4.98 Å². The number of benzene rings is 4. The Balaban J connectivity index is 1.10. The van der Waals surface area contributed by atoms with Gasteiger partial charge in [-0.1, -0.05) is 30.3 Å². The van der Waals surface area contributed by atoms with E-state index in [1.807, 2.05) is 68.4 Å². The third kappa shape index (κ3) is 8.27. The molecule has 0 spiro atoms. The summed E-state index contributed by atoms with van der Waals surface area (Å²) in [5.74, 6) is 0.333. The Kier molecular flexibility index (Phi) is 11.5. The van der Waals surface area contributed by atoms with Crippen molar-refractivity contribution in [2.24, 2.45) is 0 Å². The lowest BCUT2D eigenvalue weighted by molar-refractivity contribution is -0.142. The van der Waals surface area contributed by atoms with Gasteiger partial charge >= 0.3 is 12.6 Å². The van der Waals surface area contributed by atoms with Gasteiger partial charge in [0.05, 0.1) is 0 Å². The molecule has 3 aromatic heterocycles. The van der Waals surface area contributed by atoms with Gasteiger partial charge in [-0.3, -0.25) is 9.69 Å². The van der Waals surface area contributed by atoms with Crippen molar-refractivity contribution in [3.8, 4) is 51.6 Å². The average molecular weight is 814 g/mol. The molecule has 306 valence electrons. The molecule has 0 unspecified atom stereocenters. The number of fused-ring (bicyclic) bond motifs is 2. The highest BCUT2D eigenvalue weighted by Gasteiger charge is 2.31. The zero-order valence-electron chi connectivity index (χ0n) is 33.0. The van der Waals surface area contributed by atoms with E-state index in [4.69, 9.17) is 33.5 Å². The monoisotopic (exact) mass is 813 g/mol. The number of nitriles is 1. The normalized spacial score (nSPS) is 14.3. The molecule has 8 rings (SSSR count). The van der Waals surface area contributed by atoms with Gasteiger partial charge in [0.2, 0.25) is 11.8 Å². The van der Waals surface area contributed by atoms with Crippen LogP contribution in [0.3, 0.4) is 0 Å². The summed E-state index contributed by atoms with van der Waals surface area (Å²) in [6.45, 7) is 1.86. The second-order valence-corrected chi connectivity index (χ2v) is 14.8. The number of unbranched alkanes of at least 4 members (excludes halogenated alkanes) is 1. The number of oxazole rings is 2. The topological polar surface area (TPSA) is 168 Å². The molecule has 60 heavy (non-hydrogen) atoms. The maximum Gasteiger partial charge on any atom is 0.387 e. The van der Waals surface area contributed by atoms with Crippen molar-refractivity contribution in [3.05, 3.63) is 113 Å². The first-order valence-corrected chi connectivity index (χ1v) is 19.7. The molecule has 1 fully saturated rings. The fraction of sp³-hybridized carbons (Fsp3) is 0.283. The van der Waals surface area contributed by atoms with Crippen LogP contribution in [0, 0.1) is 25.2 Å². The van der Waals surface area contributed by atoms with Gasteiger partial charge in [-0.15, -0.1) is 0 Å². The first kappa shape index (κ1) is 40.1. The van der Waals surface area contributed by atoms with E-state index < -0.39 is 18.6 Å². The Bertz CT molecular complexity index is 2740. The number of pyridine rings is 1. The number of rotatable bonds is 15. The van der Waals surface area contributed by atoms with E-state index in [0.29, 0.717) is 83.2 Å². The van der Waals surface area contributed by atoms with Crippen molar-refractivity contribution in [2.75, 3.05) is 13.2 Å². The van der Waals surface area contributed by atoms with Crippen LogP contribution in [0.1, 0.15) is 59.2 Å². The average Bonchev–Trinajstić information content (AvgIpc) is 3.99. The molecular formula is C46H41F2N5O7. The number of carbonyl (C=O) groups is 1. The van der Waals surface area contributed by atoms with Gasteiger partial charge in [0, 0.05) is 53.7 Å². The highest BCUT2D eigenvalue weighted by molar-refractivity contribution is 5.85. The number of halogens is 2. The number of nitrogens with zero attached hydrogens (tertiary/aromatic N) is 5. The van der Waals surface area contributed by atoms with E-state index in [1.165, 1.54) is 6.07 Å². The molecule has 0 radical (unpaired) electrons.